The smallest absolute Gasteiger partial charge is 0.193 e. The first kappa shape index (κ1) is 21.8. The van der Waals surface area contributed by atoms with E-state index in [-0.39, 0.29) is 18.2 Å². The third kappa shape index (κ3) is 5.39. The van der Waals surface area contributed by atoms with Crippen molar-refractivity contribution in [3.63, 3.8) is 0 Å². The molecule has 0 saturated carbocycles. The van der Waals surface area contributed by atoms with E-state index in [4.69, 9.17) is 5.26 Å². The molecule has 0 bridgehead atoms. The predicted molar refractivity (Wildman–Crippen MR) is 123 cm³/mol. The molecule has 0 fully saturated rings. The number of nitrogens with zero attached hydrogens (tertiary/aromatic N) is 3. The molecule has 0 unspecified atom stereocenters. The van der Waals surface area contributed by atoms with Gasteiger partial charge in [-0.2, -0.15) is 5.26 Å². The molecule has 3 aromatic carbocycles. The van der Waals surface area contributed by atoms with Crippen LogP contribution >= 0.6 is 12.4 Å². The summed E-state index contributed by atoms with van der Waals surface area (Å²) in [7, 11) is 0. The van der Waals surface area contributed by atoms with Crippen LogP contribution < -0.4 is 5.32 Å². The molecule has 0 aliphatic carbocycles. The van der Waals surface area contributed by atoms with E-state index in [1.54, 1.807) is 6.33 Å². The van der Waals surface area contributed by atoms with Crippen LogP contribution in [0.2, 0.25) is 0 Å². The molecule has 0 atom stereocenters. The minimum Gasteiger partial charge on any atom is -0.379 e. The van der Waals surface area contributed by atoms with Gasteiger partial charge in [-0.15, -0.1) is 12.4 Å². The monoisotopic (exact) mass is 428 g/mol. The highest BCUT2D eigenvalue weighted by atomic mass is 35.5. The van der Waals surface area contributed by atoms with Crippen molar-refractivity contribution in [2.45, 2.75) is 13.1 Å². The normalized spacial score (nSPS) is 10.0. The molecule has 0 aliphatic rings. The van der Waals surface area contributed by atoms with Gasteiger partial charge in [-0.3, -0.25) is 4.79 Å². The molecule has 0 radical (unpaired) electrons. The zero-order valence-corrected chi connectivity index (χ0v) is 17.5. The van der Waals surface area contributed by atoms with Gasteiger partial charge < -0.3 is 9.88 Å². The Morgan fingerprint density at radius 1 is 0.935 bits per heavy atom. The number of carbonyl (C=O) groups is 1. The zero-order valence-electron chi connectivity index (χ0n) is 16.7. The number of benzene rings is 3. The Morgan fingerprint density at radius 3 is 2.29 bits per heavy atom. The molecule has 4 rings (SSSR count). The molecule has 5 nitrogen and oxygen atoms in total. The molecule has 0 spiro atoms. The Balaban J connectivity index is 0.00000272. The first-order valence-corrected chi connectivity index (χ1v) is 9.64. The lowest BCUT2D eigenvalue weighted by molar-refractivity contribution is 0.103. The lowest BCUT2D eigenvalue weighted by Gasteiger charge is -2.11. The Bertz CT molecular complexity index is 1180. The second kappa shape index (κ2) is 10.2. The summed E-state index contributed by atoms with van der Waals surface area (Å²) < 4.78 is 2.07. The van der Waals surface area contributed by atoms with Crippen LogP contribution in [0.1, 0.15) is 32.7 Å². The summed E-state index contributed by atoms with van der Waals surface area (Å²) in [6.07, 6.45) is 3.64. The van der Waals surface area contributed by atoms with Crippen molar-refractivity contribution in [3.05, 3.63) is 119 Å². The van der Waals surface area contributed by atoms with Gasteiger partial charge in [0.25, 0.3) is 0 Å². The van der Waals surface area contributed by atoms with E-state index in [2.05, 4.69) is 20.9 Å². The van der Waals surface area contributed by atoms with E-state index in [0.29, 0.717) is 29.8 Å². The van der Waals surface area contributed by atoms with Crippen molar-refractivity contribution >= 4 is 23.9 Å². The molecule has 1 heterocycles. The van der Waals surface area contributed by atoms with Crippen molar-refractivity contribution in [3.8, 4) is 6.07 Å². The van der Waals surface area contributed by atoms with Crippen LogP contribution in [-0.4, -0.2) is 15.3 Å². The van der Waals surface area contributed by atoms with Crippen LogP contribution in [-0.2, 0) is 13.1 Å². The number of aromatic nitrogens is 2. The standard InChI is InChI=1S/C25H20N4O.ClH/c26-14-19-6-8-20(9-7-19)17-29-18-27-15-24(29)16-28-23-12-10-22(11-13-23)25(30)21-4-2-1-3-5-21;/h1-13,15,18,28H,16-17H2;1H. The van der Waals surface area contributed by atoms with Gasteiger partial charge in [0, 0.05) is 29.6 Å². The number of anilines is 1. The number of hydrogen-bond acceptors (Lipinski definition) is 4. The van der Waals surface area contributed by atoms with Gasteiger partial charge in [0.15, 0.2) is 5.78 Å². The van der Waals surface area contributed by atoms with Crippen molar-refractivity contribution in [2.24, 2.45) is 0 Å². The molecule has 31 heavy (non-hydrogen) atoms. The van der Waals surface area contributed by atoms with Gasteiger partial charge in [-0.1, -0.05) is 42.5 Å². The van der Waals surface area contributed by atoms with E-state index in [0.717, 1.165) is 16.9 Å². The summed E-state index contributed by atoms with van der Waals surface area (Å²) in [6.45, 7) is 1.30. The molecule has 4 aromatic rings. The Labute approximate surface area is 187 Å². The minimum atomic E-state index is 0. The lowest BCUT2D eigenvalue weighted by atomic mass is 10.0. The average molecular weight is 429 g/mol. The number of imidazole rings is 1. The SMILES string of the molecule is Cl.N#Cc1ccc(Cn2cncc2CNc2ccc(C(=O)c3ccccc3)cc2)cc1. The molecular formula is C25H21ClN4O. The van der Waals surface area contributed by atoms with Gasteiger partial charge in [-0.05, 0) is 42.0 Å². The van der Waals surface area contributed by atoms with Crippen LogP contribution in [0.3, 0.4) is 0 Å². The highest BCUT2D eigenvalue weighted by molar-refractivity contribution is 6.09. The highest BCUT2D eigenvalue weighted by Crippen LogP contribution is 2.15. The maximum absolute atomic E-state index is 12.5. The van der Waals surface area contributed by atoms with E-state index in [1.807, 2.05) is 85.1 Å². The number of halogens is 1. The number of ketones is 1. The Kier molecular flexibility index (Phi) is 7.21. The van der Waals surface area contributed by atoms with Gasteiger partial charge in [0.2, 0.25) is 0 Å². The van der Waals surface area contributed by atoms with Crippen molar-refractivity contribution in [1.82, 2.24) is 9.55 Å². The number of hydrogen-bond donors (Lipinski definition) is 1. The molecule has 1 aromatic heterocycles. The van der Waals surface area contributed by atoms with Gasteiger partial charge in [0.05, 0.1) is 30.2 Å². The summed E-state index contributed by atoms with van der Waals surface area (Å²) in [5, 5.41) is 12.3. The van der Waals surface area contributed by atoms with E-state index < -0.39 is 0 Å². The van der Waals surface area contributed by atoms with Gasteiger partial charge in [-0.25, -0.2) is 4.98 Å². The third-order valence-corrected chi connectivity index (χ3v) is 4.89. The topological polar surface area (TPSA) is 70.7 Å². The summed E-state index contributed by atoms with van der Waals surface area (Å²) in [6, 6.07) is 26.5. The first-order valence-electron chi connectivity index (χ1n) is 9.64. The second-order valence-corrected chi connectivity index (χ2v) is 6.95. The quantitative estimate of drug-likeness (QED) is 0.417. The average Bonchev–Trinajstić information content (AvgIpc) is 3.25. The number of nitrogens with one attached hydrogen (secondary N) is 1. The molecule has 1 N–H and O–H groups in total. The maximum atomic E-state index is 12.5. The summed E-state index contributed by atoms with van der Waals surface area (Å²) >= 11 is 0. The fourth-order valence-corrected chi connectivity index (χ4v) is 3.21. The molecule has 0 amide bonds. The zero-order chi connectivity index (χ0) is 20.8. The predicted octanol–water partition coefficient (Wildman–Crippen LogP) is 5.07. The lowest BCUT2D eigenvalue weighted by Crippen LogP contribution is -2.08. The molecular weight excluding hydrogens is 408 g/mol. The fraction of sp³-hybridized carbons (Fsp3) is 0.0800. The third-order valence-electron chi connectivity index (χ3n) is 4.89. The van der Waals surface area contributed by atoms with Crippen LogP contribution in [0.25, 0.3) is 0 Å². The first-order chi connectivity index (χ1) is 14.7. The molecule has 154 valence electrons. The molecule has 6 heteroatoms. The summed E-state index contributed by atoms with van der Waals surface area (Å²) in [4.78, 5) is 16.8. The van der Waals surface area contributed by atoms with E-state index in [1.165, 1.54) is 0 Å². The summed E-state index contributed by atoms with van der Waals surface area (Å²) in [5.41, 5.74) is 5.09. The number of carbonyl (C=O) groups excluding carboxylic acids is 1. The van der Waals surface area contributed by atoms with Crippen LogP contribution in [0.4, 0.5) is 5.69 Å². The van der Waals surface area contributed by atoms with Gasteiger partial charge >= 0.3 is 0 Å². The van der Waals surface area contributed by atoms with Crippen molar-refractivity contribution in [2.75, 3.05) is 5.32 Å². The molecule has 0 saturated heterocycles. The number of rotatable bonds is 7. The molecule has 0 aliphatic heterocycles. The van der Waals surface area contributed by atoms with Gasteiger partial charge in [0.1, 0.15) is 0 Å². The second-order valence-electron chi connectivity index (χ2n) is 6.95. The van der Waals surface area contributed by atoms with Crippen molar-refractivity contribution in [1.29, 1.82) is 5.26 Å². The van der Waals surface area contributed by atoms with Crippen LogP contribution in [0, 0.1) is 11.3 Å². The van der Waals surface area contributed by atoms with Crippen molar-refractivity contribution < 1.29 is 4.79 Å². The minimum absolute atomic E-state index is 0. The summed E-state index contributed by atoms with van der Waals surface area (Å²) in [5.74, 6) is 0.0163. The Morgan fingerprint density at radius 2 is 1.61 bits per heavy atom. The highest BCUT2D eigenvalue weighted by Gasteiger charge is 2.08. The van der Waals surface area contributed by atoms with E-state index in [9.17, 15) is 4.79 Å². The number of nitriles is 1. The van der Waals surface area contributed by atoms with Crippen LogP contribution in [0.5, 0.6) is 0 Å². The maximum Gasteiger partial charge on any atom is 0.193 e. The fourth-order valence-electron chi connectivity index (χ4n) is 3.21. The largest absolute Gasteiger partial charge is 0.379 e. The van der Waals surface area contributed by atoms with E-state index >= 15 is 0 Å². The Hall–Kier alpha value is -3.88. The van der Waals surface area contributed by atoms with Crippen LogP contribution in [0.15, 0.2) is 91.4 Å².